The van der Waals surface area contributed by atoms with Gasteiger partial charge in [-0.25, -0.2) is 4.68 Å². The standard InChI is InChI=1S/C21H17N3O2S2/c1-27-15-10-8-14(9-11-15)22-19(25)13-24-21(26)17-6-3-2-5-16(17)20(23-24)18-7-4-12-28-18/h2-12H,13H2,1H3,(H,22,25). The molecule has 0 atom stereocenters. The van der Waals surface area contributed by atoms with Gasteiger partial charge in [0.05, 0.1) is 10.3 Å². The number of nitrogens with one attached hydrogen (secondary N) is 1. The number of thioether (sulfide) groups is 1. The minimum atomic E-state index is -0.293. The van der Waals surface area contributed by atoms with E-state index in [1.54, 1.807) is 29.2 Å². The van der Waals surface area contributed by atoms with Crippen LogP contribution < -0.4 is 10.9 Å². The van der Waals surface area contributed by atoms with E-state index < -0.39 is 0 Å². The Bertz CT molecular complexity index is 1180. The minimum Gasteiger partial charge on any atom is -0.324 e. The monoisotopic (exact) mass is 407 g/mol. The number of hydrogen-bond acceptors (Lipinski definition) is 5. The van der Waals surface area contributed by atoms with E-state index in [0.717, 1.165) is 15.2 Å². The van der Waals surface area contributed by atoms with E-state index in [2.05, 4.69) is 10.4 Å². The van der Waals surface area contributed by atoms with Gasteiger partial charge in [0, 0.05) is 16.0 Å². The number of hydrogen-bond donors (Lipinski definition) is 1. The van der Waals surface area contributed by atoms with E-state index in [1.165, 1.54) is 4.68 Å². The Hall–Kier alpha value is -2.90. The van der Waals surface area contributed by atoms with Crippen molar-refractivity contribution >= 4 is 45.5 Å². The Morgan fingerprint density at radius 3 is 2.50 bits per heavy atom. The van der Waals surface area contributed by atoms with E-state index in [4.69, 9.17) is 0 Å². The number of nitrogens with zero attached hydrogens (tertiary/aromatic N) is 2. The van der Waals surface area contributed by atoms with Gasteiger partial charge < -0.3 is 5.32 Å². The zero-order valence-electron chi connectivity index (χ0n) is 15.1. The predicted molar refractivity (Wildman–Crippen MR) is 116 cm³/mol. The normalized spacial score (nSPS) is 10.9. The topological polar surface area (TPSA) is 64.0 Å². The summed E-state index contributed by atoms with van der Waals surface area (Å²) < 4.78 is 1.24. The van der Waals surface area contributed by atoms with E-state index in [1.807, 2.05) is 66.2 Å². The third kappa shape index (κ3) is 3.72. The van der Waals surface area contributed by atoms with Crippen molar-refractivity contribution in [1.29, 1.82) is 0 Å². The first-order chi connectivity index (χ1) is 13.7. The van der Waals surface area contributed by atoms with Gasteiger partial charge in [0.1, 0.15) is 12.2 Å². The van der Waals surface area contributed by atoms with Crippen molar-refractivity contribution < 1.29 is 4.79 Å². The number of amides is 1. The highest BCUT2D eigenvalue weighted by molar-refractivity contribution is 7.98. The van der Waals surface area contributed by atoms with E-state index in [0.29, 0.717) is 16.8 Å². The molecule has 5 nitrogen and oxygen atoms in total. The minimum absolute atomic E-state index is 0.147. The fraction of sp³-hybridized carbons (Fsp3) is 0.0952. The van der Waals surface area contributed by atoms with Crippen LogP contribution in [0.2, 0.25) is 0 Å². The lowest BCUT2D eigenvalue weighted by Crippen LogP contribution is -2.30. The lowest BCUT2D eigenvalue weighted by atomic mass is 10.1. The number of benzene rings is 2. The summed E-state index contributed by atoms with van der Waals surface area (Å²) in [6.07, 6.45) is 2.00. The van der Waals surface area contributed by atoms with Gasteiger partial charge in [0.2, 0.25) is 5.91 Å². The summed E-state index contributed by atoms with van der Waals surface area (Å²) in [7, 11) is 0. The molecular weight excluding hydrogens is 390 g/mol. The Morgan fingerprint density at radius 2 is 1.82 bits per heavy atom. The third-order valence-electron chi connectivity index (χ3n) is 4.29. The largest absolute Gasteiger partial charge is 0.324 e. The van der Waals surface area contributed by atoms with Gasteiger partial charge in [-0.05, 0) is 48.0 Å². The number of thiophene rings is 1. The SMILES string of the molecule is CSc1ccc(NC(=O)Cn2nc(-c3cccs3)c3ccccc3c2=O)cc1. The molecule has 4 aromatic rings. The van der Waals surface area contributed by atoms with E-state index in [9.17, 15) is 9.59 Å². The van der Waals surface area contributed by atoms with Crippen LogP contribution in [0.25, 0.3) is 21.3 Å². The zero-order chi connectivity index (χ0) is 19.5. The molecule has 28 heavy (non-hydrogen) atoms. The average molecular weight is 408 g/mol. The number of carbonyl (C=O) groups is 1. The number of fused-ring (bicyclic) bond motifs is 1. The van der Waals surface area contributed by atoms with Crippen LogP contribution in [-0.4, -0.2) is 21.9 Å². The van der Waals surface area contributed by atoms with Crippen molar-refractivity contribution in [3.05, 3.63) is 76.4 Å². The highest BCUT2D eigenvalue weighted by Crippen LogP contribution is 2.28. The van der Waals surface area contributed by atoms with Crippen molar-refractivity contribution in [1.82, 2.24) is 9.78 Å². The second-order valence-corrected chi connectivity index (χ2v) is 7.94. The fourth-order valence-corrected chi connectivity index (χ4v) is 4.08. The molecule has 2 aromatic carbocycles. The van der Waals surface area contributed by atoms with Crippen molar-refractivity contribution in [2.45, 2.75) is 11.4 Å². The lowest BCUT2D eigenvalue weighted by Gasteiger charge is -2.11. The molecule has 1 N–H and O–H groups in total. The van der Waals surface area contributed by atoms with Gasteiger partial charge in [0.15, 0.2) is 0 Å². The van der Waals surface area contributed by atoms with Crippen LogP contribution in [0.5, 0.6) is 0 Å². The highest BCUT2D eigenvalue weighted by Gasteiger charge is 2.14. The molecule has 0 fully saturated rings. The Kier molecular flexibility index (Phi) is 5.27. The Morgan fingerprint density at radius 1 is 1.07 bits per heavy atom. The Labute approximate surface area is 170 Å². The van der Waals surface area contributed by atoms with E-state index >= 15 is 0 Å². The molecule has 0 aliphatic heterocycles. The number of anilines is 1. The molecule has 0 bridgehead atoms. The summed E-state index contributed by atoms with van der Waals surface area (Å²) in [6.45, 7) is -0.147. The van der Waals surface area contributed by atoms with Crippen LogP contribution in [0.4, 0.5) is 5.69 Å². The molecule has 140 valence electrons. The average Bonchev–Trinajstić information content (AvgIpc) is 3.25. The summed E-state index contributed by atoms with van der Waals surface area (Å²) in [6, 6.07) is 18.8. The molecule has 0 unspecified atom stereocenters. The maximum atomic E-state index is 12.8. The van der Waals surface area contributed by atoms with Crippen LogP contribution in [0.15, 0.2) is 75.7 Å². The number of rotatable bonds is 5. The molecule has 2 aromatic heterocycles. The van der Waals surface area contributed by atoms with Gasteiger partial charge in [-0.15, -0.1) is 23.1 Å². The second-order valence-electron chi connectivity index (χ2n) is 6.11. The quantitative estimate of drug-likeness (QED) is 0.495. The highest BCUT2D eigenvalue weighted by atomic mass is 32.2. The molecule has 2 heterocycles. The second kappa shape index (κ2) is 8.00. The lowest BCUT2D eigenvalue weighted by molar-refractivity contribution is -0.117. The first kappa shape index (κ1) is 18.5. The smallest absolute Gasteiger partial charge is 0.275 e. The van der Waals surface area contributed by atoms with Gasteiger partial charge in [-0.3, -0.25) is 9.59 Å². The molecular formula is C21H17N3O2S2. The van der Waals surface area contributed by atoms with Gasteiger partial charge in [-0.1, -0.05) is 24.3 Å². The summed E-state index contributed by atoms with van der Waals surface area (Å²) in [5.41, 5.74) is 1.13. The predicted octanol–water partition coefficient (Wildman–Crippen LogP) is 4.49. The number of aromatic nitrogens is 2. The molecule has 0 aliphatic carbocycles. The Balaban J connectivity index is 1.67. The summed E-state index contributed by atoms with van der Waals surface area (Å²) >= 11 is 3.19. The van der Waals surface area contributed by atoms with Crippen LogP contribution >= 0.6 is 23.1 Å². The third-order valence-corrected chi connectivity index (χ3v) is 5.91. The molecule has 0 spiro atoms. The molecule has 0 saturated heterocycles. The molecule has 0 radical (unpaired) electrons. The summed E-state index contributed by atoms with van der Waals surface area (Å²) in [5.74, 6) is -0.293. The molecule has 7 heteroatoms. The molecule has 0 saturated carbocycles. The van der Waals surface area contributed by atoms with Crippen molar-refractivity contribution in [2.24, 2.45) is 0 Å². The first-order valence-electron chi connectivity index (χ1n) is 8.63. The van der Waals surface area contributed by atoms with Crippen LogP contribution in [0.1, 0.15) is 0 Å². The zero-order valence-corrected chi connectivity index (χ0v) is 16.7. The number of carbonyl (C=O) groups excluding carboxylic acids is 1. The van der Waals surface area contributed by atoms with Crippen LogP contribution in [-0.2, 0) is 11.3 Å². The summed E-state index contributed by atoms with van der Waals surface area (Å²) in [4.78, 5) is 27.4. The van der Waals surface area contributed by atoms with E-state index in [-0.39, 0.29) is 18.0 Å². The van der Waals surface area contributed by atoms with Crippen LogP contribution in [0, 0.1) is 0 Å². The van der Waals surface area contributed by atoms with Crippen molar-refractivity contribution in [3.8, 4) is 10.6 Å². The van der Waals surface area contributed by atoms with Crippen molar-refractivity contribution in [2.75, 3.05) is 11.6 Å². The summed E-state index contributed by atoms with van der Waals surface area (Å²) in [5, 5.41) is 10.6. The first-order valence-corrected chi connectivity index (χ1v) is 10.7. The van der Waals surface area contributed by atoms with Crippen molar-refractivity contribution in [3.63, 3.8) is 0 Å². The van der Waals surface area contributed by atoms with Crippen LogP contribution in [0.3, 0.4) is 0 Å². The molecule has 0 aliphatic rings. The maximum Gasteiger partial charge on any atom is 0.275 e. The maximum absolute atomic E-state index is 12.8. The van der Waals surface area contributed by atoms with Gasteiger partial charge >= 0.3 is 0 Å². The molecule has 1 amide bonds. The van der Waals surface area contributed by atoms with Gasteiger partial charge in [-0.2, -0.15) is 5.10 Å². The molecule has 4 rings (SSSR count). The van der Waals surface area contributed by atoms with Gasteiger partial charge in [0.25, 0.3) is 5.56 Å². The fourth-order valence-electron chi connectivity index (χ4n) is 2.95.